The van der Waals surface area contributed by atoms with E-state index in [9.17, 15) is 0 Å². The lowest BCUT2D eigenvalue weighted by molar-refractivity contribution is 0.141. The lowest BCUT2D eigenvalue weighted by Gasteiger charge is -2.03. The van der Waals surface area contributed by atoms with Crippen LogP contribution in [0.5, 0.6) is 0 Å². The molecule has 2 rings (SSSR count). The van der Waals surface area contributed by atoms with Crippen LogP contribution in [0.1, 0.15) is 36.1 Å². The highest BCUT2D eigenvalue weighted by Crippen LogP contribution is 2.03. The third-order valence-electron chi connectivity index (χ3n) is 3.05. The number of pyridine rings is 2. The standard InChI is InChI=1S/C17H18N4O/c1-13-6-3-10-17(19-13)14(2)21-22-11-5-9-15-7-4-8-16(12-18)20-15/h3-4,6-8,10H,5,9,11H2,1-2H3. The predicted octanol–water partition coefficient (Wildman–Crippen LogP) is 3.03. The van der Waals surface area contributed by atoms with E-state index < -0.39 is 0 Å². The molecule has 5 heteroatoms. The molecule has 0 radical (unpaired) electrons. The molecule has 2 aromatic heterocycles. The predicted molar refractivity (Wildman–Crippen MR) is 84.4 cm³/mol. The number of hydrogen-bond acceptors (Lipinski definition) is 5. The molecular weight excluding hydrogens is 276 g/mol. The summed E-state index contributed by atoms with van der Waals surface area (Å²) in [6.45, 7) is 4.32. The van der Waals surface area contributed by atoms with Gasteiger partial charge in [-0.2, -0.15) is 5.26 Å². The van der Waals surface area contributed by atoms with E-state index in [0.717, 1.165) is 35.6 Å². The molecule has 0 aliphatic heterocycles. The molecule has 2 aromatic rings. The summed E-state index contributed by atoms with van der Waals surface area (Å²) in [7, 11) is 0. The summed E-state index contributed by atoms with van der Waals surface area (Å²) >= 11 is 0. The van der Waals surface area contributed by atoms with E-state index in [1.807, 2.05) is 50.2 Å². The third-order valence-corrected chi connectivity index (χ3v) is 3.05. The maximum absolute atomic E-state index is 8.80. The zero-order valence-electron chi connectivity index (χ0n) is 12.8. The second-order valence-electron chi connectivity index (χ2n) is 4.90. The van der Waals surface area contributed by atoms with Gasteiger partial charge in [0.1, 0.15) is 24.1 Å². The van der Waals surface area contributed by atoms with Gasteiger partial charge in [-0.1, -0.05) is 17.3 Å². The first kappa shape index (κ1) is 15.6. The van der Waals surface area contributed by atoms with E-state index in [0.29, 0.717) is 12.3 Å². The second-order valence-corrected chi connectivity index (χ2v) is 4.90. The van der Waals surface area contributed by atoms with E-state index in [4.69, 9.17) is 10.1 Å². The Labute approximate surface area is 130 Å². The van der Waals surface area contributed by atoms with E-state index in [-0.39, 0.29) is 0 Å². The Morgan fingerprint density at radius 1 is 1.23 bits per heavy atom. The summed E-state index contributed by atoms with van der Waals surface area (Å²) in [6, 6.07) is 13.3. The molecule has 0 aromatic carbocycles. The molecule has 0 bridgehead atoms. The fourth-order valence-corrected chi connectivity index (χ4v) is 1.93. The zero-order chi connectivity index (χ0) is 15.8. The van der Waals surface area contributed by atoms with Crippen molar-refractivity contribution in [2.75, 3.05) is 6.61 Å². The molecule has 0 fully saturated rings. The first-order chi connectivity index (χ1) is 10.7. The molecule has 0 saturated carbocycles. The lowest BCUT2D eigenvalue weighted by Crippen LogP contribution is -2.02. The SMILES string of the molecule is CC(=NOCCCc1cccc(C#N)n1)c1cccc(C)n1. The quantitative estimate of drug-likeness (QED) is 0.466. The summed E-state index contributed by atoms with van der Waals surface area (Å²) < 4.78 is 0. The summed E-state index contributed by atoms with van der Waals surface area (Å²) in [5, 5.41) is 12.9. The molecule has 112 valence electrons. The van der Waals surface area contributed by atoms with Gasteiger partial charge in [0.05, 0.1) is 5.69 Å². The number of aromatic nitrogens is 2. The van der Waals surface area contributed by atoms with Crippen LogP contribution in [-0.4, -0.2) is 22.3 Å². The van der Waals surface area contributed by atoms with E-state index in [2.05, 4.69) is 15.1 Å². The number of hydrogen-bond donors (Lipinski definition) is 0. The summed E-state index contributed by atoms with van der Waals surface area (Å²) in [5.41, 5.74) is 3.87. The molecule has 0 spiro atoms. The Morgan fingerprint density at radius 3 is 2.82 bits per heavy atom. The van der Waals surface area contributed by atoms with E-state index >= 15 is 0 Å². The van der Waals surface area contributed by atoms with Crippen LogP contribution in [0, 0.1) is 18.3 Å². The van der Waals surface area contributed by atoms with Crippen LogP contribution in [-0.2, 0) is 11.3 Å². The van der Waals surface area contributed by atoms with Gasteiger partial charge in [-0.15, -0.1) is 0 Å². The van der Waals surface area contributed by atoms with Gasteiger partial charge in [0.15, 0.2) is 0 Å². The molecule has 0 N–H and O–H groups in total. The minimum atomic E-state index is 0.442. The molecule has 0 aliphatic carbocycles. The van der Waals surface area contributed by atoms with Crippen molar-refractivity contribution >= 4 is 5.71 Å². The molecule has 0 unspecified atom stereocenters. The molecule has 0 saturated heterocycles. The number of oxime groups is 1. The Kier molecular flexibility index (Phi) is 5.61. The molecule has 5 nitrogen and oxygen atoms in total. The second kappa shape index (κ2) is 7.89. The van der Waals surface area contributed by atoms with Gasteiger partial charge < -0.3 is 4.84 Å². The van der Waals surface area contributed by atoms with Crippen LogP contribution < -0.4 is 0 Å². The number of rotatable bonds is 6. The van der Waals surface area contributed by atoms with Crippen molar-refractivity contribution in [1.29, 1.82) is 5.26 Å². The maximum Gasteiger partial charge on any atom is 0.140 e. The van der Waals surface area contributed by atoms with Crippen molar-refractivity contribution in [3.8, 4) is 6.07 Å². The minimum Gasteiger partial charge on any atom is -0.396 e. The van der Waals surface area contributed by atoms with Crippen LogP contribution in [0.2, 0.25) is 0 Å². The van der Waals surface area contributed by atoms with E-state index in [1.165, 1.54) is 0 Å². The average Bonchev–Trinajstić information content (AvgIpc) is 2.54. The highest BCUT2D eigenvalue weighted by Gasteiger charge is 2.00. The van der Waals surface area contributed by atoms with Crippen LogP contribution in [0.4, 0.5) is 0 Å². The van der Waals surface area contributed by atoms with Gasteiger partial charge >= 0.3 is 0 Å². The fraction of sp³-hybridized carbons (Fsp3) is 0.294. The molecule has 2 heterocycles. The van der Waals surface area contributed by atoms with E-state index in [1.54, 1.807) is 6.07 Å². The van der Waals surface area contributed by atoms with Crippen molar-refractivity contribution in [3.63, 3.8) is 0 Å². The van der Waals surface area contributed by atoms with Crippen molar-refractivity contribution in [2.45, 2.75) is 26.7 Å². The van der Waals surface area contributed by atoms with Crippen molar-refractivity contribution in [1.82, 2.24) is 9.97 Å². The Morgan fingerprint density at radius 2 is 2.05 bits per heavy atom. The maximum atomic E-state index is 8.80. The highest BCUT2D eigenvalue weighted by molar-refractivity contribution is 5.96. The highest BCUT2D eigenvalue weighted by atomic mass is 16.6. The molecule has 0 aliphatic rings. The third kappa shape index (κ3) is 4.67. The minimum absolute atomic E-state index is 0.442. The smallest absolute Gasteiger partial charge is 0.140 e. The molecule has 0 atom stereocenters. The molecular formula is C17H18N4O. The van der Waals surface area contributed by atoms with Gasteiger partial charge in [-0.05, 0) is 51.0 Å². The largest absolute Gasteiger partial charge is 0.396 e. The van der Waals surface area contributed by atoms with Crippen molar-refractivity contribution < 1.29 is 4.84 Å². The van der Waals surface area contributed by atoms with Crippen LogP contribution in [0.3, 0.4) is 0 Å². The first-order valence-electron chi connectivity index (χ1n) is 7.15. The van der Waals surface area contributed by atoms with Gasteiger partial charge in [-0.3, -0.25) is 4.98 Å². The van der Waals surface area contributed by atoms with Gasteiger partial charge in [0, 0.05) is 11.4 Å². The fourth-order valence-electron chi connectivity index (χ4n) is 1.93. The Hall–Kier alpha value is -2.74. The normalized spacial score (nSPS) is 11.0. The van der Waals surface area contributed by atoms with Gasteiger partial charge in [-0.25, -0.2) is 4.98 Å². The van der Waals surface area contributed by atoms with Crippen LogP contribution >= 0.6 is 0 Å². The first-order valence-corrected chi connectivity index (χ1v) is 7.15. The molecule has 0 amide bonds. The monoisotopic (exact) mass is 294 g/mol. The Bertz CT molecular complexity index is 704. The van der Waals surface area contributed by atoms with Crippen LogP contribution in [0.25, 0.3) is 0 Å². The topological polar surface area (TPSA) is 71.2 Å². The summed E-state index contributed by atoms with van der Waals surface area (Å²) in [6.07, 6.45) is 1.55. The van der Waals surface area contributed by atoms with Crippen molar-refractivity contribution in [3.05, 3.63) is 59.2 Å². The number of aryl methyl sites for hydroxylation is 2. The average molecular weight is 294 g/mol. The summed E-state index contributed by atoms with van der Waals surface area (Å²) in [5.74, 6) is 0. The van der Waals surface area contributed by atoms with Crippen LogP contribution in [0.15, 0.2) is 41.6 Å². The summed E-state index contributed by atoms with van der Waals surface area (Å²) in [4.78, 5) is 13.9. The number of nitriles is 1. The Balaban J connectivity index is 1.79. The van der Waals surface area contributed by atoms with Gasteiger partial charge in [0.2, 0.25) is 0 Å². The lowest BCUT2D eigenvalue weighted by atomic mass is 10.2. The molecule has 22 heavy (non-hydrogen) atoms. The van der Waals surface area contributed by atoms with Crippen molar-refractivity contribution in [2.24, 2.45) is 5.16 Å². The van der Waals surface area contributed by atoms with Gasteiger partial charge in [0.25, 0.3) is 0 Å². The zero-order valence-corrected chi connectivity index (χ0v) is 12.8. The number of nitrogens with zero attached hydrogens (tertiary/aromatic N) is 4.